The fourth-order valence-corrected chi connectivity index (χ4v) is 3.02. The summed E-state index contributed by atoms with van der Waals surface area (Å²) >= 11 is 5.85. The maximum atomic E-state index is 14.5. The average molecular weight is 435 g/mol. The molecule has 154 valence electrons. The summed E-state index contributed by atoms with van der Waals surface area (Å²) in [5.41, 5.74) is -1.92. The van der Waals surface area contributed by atoms with Gasteiger partial charge in [0.15, 0.2) is 5.82 Å². The van der Waals surface area contributed by atoms with Crippen LogP contribution in [-0.4, -0.2) is 33.2 Å². The van der Waals surface area contributed by atoms with E-state index in [0.29, 0.717) is 6.20 Å². The predicted molar refractivity (Wildman–Crippen MR) is 99.1 cm³/mol. The Labute approximate surface area is 170 Å². The first kappa shape index (κ1) is 16.8. The molecule has 0 unspecified atom stereocenters. The number of hydrogen-bond acceptors (Lipinski definition) is 4. The molecule has 0 aliphatic carbocycles. The smallest absolute Gasteiger partial charge is 0.355 e. The number of nitrogens with zero attached hydrogens (tertiary/aromatic N) is 3. The lowest BCUT2D eigenvalue weighted by molar-refractivity contribution is -0.141. The molecule has 0 atom stereocenters. The van der Waals surface area contributed by atoms with Gasteiger partial charge >= 0.3 is 6.18 Å². The molecule has 29 heavy (non-hydrogen) atoms. The molecule has 3 rings (SSSR count). The van der Waals surface area contributed by atoms with E-state index in [0.717, 1.165) is 12.3 Å². The van der Waals surface area contributed by atoms with Gasteiger partial charge in [0, 0.05) is 36.7 Å². The number of carbonyl (C=O) groups excluding carboxylic acids is 1. The number of halogens is 5. The Morgan fingerprint density at radius 1 is 1.34 bits per heavy atom. The van der Waals surface area contributed by atoms with Crippen molar-refractivity contribution in [2.45, 2.75) is 12.7 Å². The highest BCUT2D eigenvalue weighted by Crippen LogP contribution is 2.30. The summed E-state index contributed by atoms with van der Waals surface area (Å²) < 4.78 is 75.8. The molecule has 2 N–H and O–H groups in total. The molecule has 3 heterocycles. The van der Waals surface area contributed by atoms with Crippen molar-refractivity contribution in [2.24, 2.45) is 7.05 Å². The lowest BCUT2D eigenvalue weighted by atomic mass is 10.2. The highest BCUT2D eigenvalue weighted by Gasteiger charge is 2.30. The minimum Gasteiger partial charge on any atom is -0.355 e. The molecule has 0 saturated carbocycles. The molecule has 0 bridgehead atoms. The van der Waals surface area contributed by atoms with Crippen LogP contribution in [0.5, 0.6) is 0 Å². The number of fused-ring (bicyclic) bond motifs is 1. The second kappa shape index (κ2) is 7.39. The molecule has 7 nitrogen and oxygen atoms in total. The number of aryl methyl sites for hydroxylation is 1. The first-order chi connectivity index (χ1) is 14.7. The van der Waals surface area contributed by atoms with Crippen molar-refractivity contribution in [1.82, 2.24) is 19.4 Å². The number of aromatic nitrogens is 3. The monoisotopic (exact) mass is 434 g/mol. The zero-order valence-corrected chi connectivity index (χ0v) is 15.3. The van der Waals surface area contributed by atoms with E-state index >= 15 is 0 Å². The van der Waals surface area contributed by atoms with Crippen molar-refractivity contribution in [3.8, 4) is 0 Å². The van der Waals surface area contributed by atoms with Gasteiger partial charge in [-0.15, -0.1) is 0 Å². The van der Waals surface area contributed by atoms with E-state index in [-0.39, 0.29) is 32.2 Å². The molecule has 12 heteroatoms. The van der Waals surface area contributed by atoms with Crippen molar-refractivity contribution < 1.29 is 26.5 Å². The molecule has 3 aromatic rings. The quantitative estimate of drug-likeness (QED) is 0.488. The molecule has 0 aliphatic heterocycles. The summed E-state index contributed by atoms with van der Waals surface area (Å²) in [7, 11) is 1.37. The Kier molecular flexibility index (Phi) is 4.29. The third kappa shape index (κ3) is 4.04. The van der Waals surface area contributed by atoms with Crippen molar-refractivity contribution >= 4 is 39.8 Å². The van der Waals surface area contributed by atoms with Crippen LogP contribution in [0.1, 0.15) is 14.5 Å². The Morgan fingerprint density at radius 2 is 2.07 bits per heavy atom. The fourth-order valence-electron chi connectivity index (χ4n) is 2.86. The van der Waals surface area contributed by atoms with Gasteiger partial charge in [-0.25, -0.2) is 9.37 Å². The van der Waals surface area contributed by atoms with Crippen LogP contribution in [0.25, 0.3) is 10.9 Å². The highest BCUT2D eigenvalue weighted by molar-refractivity contribution is 6.29. The van der Waals surface area contributed by atoms with Crippen molar-refractivity contribution in [1.29, 1.82) is 0 Å². The first-order valence-corrected chi connectivity index (χ1v) is 8.24. The Balaban J connectivity index is 2.15. The largest absolute Gasteiger partial charge is 0.406 e. The molecule has 1 amide bonds. The van der Waals surface area contributed by atoms with E-state index < -0.39 is 42.4 Å². The minimum atomic E-state index is -4.77. The average Bonchev–Trinajstić information content (AvgIpc) is 2.93. The van der Waals surface area contributed by atoms with E-state index in [1.165, 1.54) is 17.8 Å². The van der Waals surface area contributed by atoms with Crippen LogP contribution in [0, 0.1) is 5.82 Å². The number of pyridine rings is 2. The molecule has 0 aliphatic rings. The number of hydrogen-bond donors (Lipinski definition) is 2. The van der Waals surface area contributed by atoms with Crippen LogP contribution >= 0.6 is 11.6 Å². The minimum absolute atomic E-state index is 0.106. The van der Waals surface area contributed by atoms with Crippen LogP contribution < -0.4 is 16.2 Å². The van der Waals surface area contributed by atoms with Gasteiger partial charge in [-0.1, -0.05) is 11.6 Å². The third-order valence-electron chi connectivity index (χ3n) is 4.00. The van der Waals surface area contributed by atoms with Crippen molar-refractivity contribution in [2.75, 3.05) is 12.3 Å². The molecular weight excluding hydrogens is 418 g/mol. The topological polar surface area (TPSA) is 81.0 Å². The van der Waals surface area contributed by atoms with E-state index in [1.807, 2.05) is 0 Å². The van der Waals surface area contributed by atoms with E-state index in [2.05, 4.69) is 10.3 Å². The summed E-state index contributed by atoms with van der Waals surface area (Å²) in [6.07, 6.45) is -2.11. The van der Waals surface area contributed by atoms with Gasteiger partial charge in [0.25, 0.3) is 11.5 Å². The Morgan fingerprint density at radius 3 is 2.72 bits per heavy atom. The lowest BCUT2D eigenvalue weighted by Crippen LogP contribution is -2.28. The number of anilines is 2. The van der Waals surface area contributed by atoms with Crippen LogP contribution in [0.2, 0.25) is 5.15 Å². The van der Waals surface area contributed by atoms with Gasteiger partial charge in [0.1, 0.15) is 11.7 Å². The van der Waals surface area contributed by atoms with E-state index in [9.17, 15) is 27.2 Å². The third-order valence-corrected chi connectivity index (χ3v) is 4.21. The number of alkyl halides is 3. The first-order valence-electron chi connectivity index (χ1n) is 9.36. The highest BCUT2D eigenvalue weighted by atomic mass is 35.5. The molecule has 0 spiro atoms. The normalized spacial score (nSPS) is 13.7. The van der Waals surface area contributed by atoms with Gasteiger partial charge in [-0.05, 0) is 6.07 Å². The SMILES string of the molecule is [2H]C([2H])([2H])NC(=O)c1cnc(Cl)cc1Nc1cn(C)c2c(F)cn(CC(F)(F)F)c(=O)c12. The van der Waals surface area contributed by atoms with Crippen LogP contribution in [0.4, 0.5) is 28.9 Å². The van der Waals surface area contributed by atoms with Crippen LogP contribution in [-0.2, 0) is 13.6 Å². The summed E-state index contributed by atoms with van der Waals surface area (Å²) in [6.45, 7) is -4.53. The Hall–Kier alpha value is -3.08. The zero-order valence-electron chi connectivity index (χ0n) is 17.6. The number of amides is 1. The zero-order chi connectivity index (χ0) is 24.0. The number of rotatable bonds is 4. The van der Waals surface area contributed by atoms with Crippen LogP contribution in [0.3, 0.4) is 0 Å². The maximum Gasteiger partial charge on any atom is 0.406 e. The predicted octanol–water partition coefficient (Wildman–Crippen LogP) is 3.19. The number of nitrogens with one attached hydrogen (secondary N) is 2. The summed E-state index contributed by atoms with van der Waals surface area (Å²) in [6, 6.07) is 1.14. The summed E-state index contributed by atoms with van der Waals surface area (Å²) in [5.74, 6) is -2.13. The van der Waals surface area contributed by atoms with Gasteiger partial charge in [-0.2, -0.15) is 13.2 Å². The van der Waals surface area contributed by atoms with E-state index in [1.54, 1.807) is 5.32 Å². The molecule has 0 aromatic carbocycles. The summed E-state index contributed by atoms with van der Waals surface area (Å²) in [4.78, 5) is 28.8. The molecule has 0 saturated heterocycles. The lowest BCUT2D eigenvalue weighted by Gasteiger charge is -2.12. The second-order valence-corrected chi connectivity index (χ2v) is 6.42. The van der Waals surface area contributed by atoms with Gasteiger partial charge in [-0.3, -0.25) is 9.59 Å². The van der Waals surface area contributed by atoms with E-state index in [4.69, 9.17) is 15.7 Å². The Bertz CT molecular complexity index is 1270. The fraction of sp³-hybridized carbons (Fsp3) is 0.235. The number of carbonyl (C=O) groups is 1. The standard InChI is InChI=1S/C17H14ClF4N5O2/c1-23-15(28)8-4-24-12(18)3-10(8)25-11-6-26(2)14-9(19)5-27(7-17(20,21)22)16(29)13(11)14/h3-6H,7H2,1-2H3,(H,23,28)(H,24,25)/i1D3. The molecule has 0 radical (unpaired) electrons. The molecular formula is C17H14ClF4N5O2. The summed E-state index contributed by atoms with van der Waals surface area (Å²) in [5, 5.41) is 3.89. The van der Waals surface area contributed by atoms with Gasteiger partial charge in [0.2, 0.25) is 0 Å². The second-order valence-electron chi connectivity index (χ2n) is 6.03. The van der Waals surface area contributed by atoms with Gasteiger partial charge < -0.3 is 19.8 Å². The van der Waals surface area contributed by atoms with Crippen molar-refractivity contribution in [3.63, 3.8) is 0 Å². The molecule has 0 fully saturated rings. The maximum absolute atomic E-state index is 14.5. The molecule has 3 aromatic heterocycles. The van der Waals surface area contributed by atoms with Crippen molar-refractivity contribution in [3.05, 3.63) is 51.5 Å². The van der Waals surface area contributed by atoms with Gasteiger partial charge in [0.05, 0.1) is 27.8 Å². The van der Waals surface area contributed by atoms with Crippen LogP contribution in [0.15, 0.2) is 29.5 Å².